The molecule has 0 spiro atoms. The molecule has 26 heavy (non-hydrogen) atoms. The molecule has 1 atom stereocenters. The van der Waals surface area contributed by atoms with E-state index in [-0.39, 0.29) is 18.2 Å². The van der Waals surface area contributed by atoms with Gasteiger partial charge in [-0.05, 0) is 42.5 Å². The minimum Gasteiger partial charge on any atom is -0.312 e. The number of benzene rings is 2. The lowest BCUT2D eigenvalue weighted by Gasteiger charge is -2.16. The number of halogens is 2. The van der Waals surface area contributed by atoms with Crippen LogP contribution in [-0.2, 0) is 9.59 Å². The van der Waals surface area contributed by atoms with Crippen molar-refractivity contribution in [3.05, 3.63) is 52.5 Å². The van der Waals surface area contributed by atoms with Crippen molar-refractivity contribution in [2.24, 2.45) is 5.92 Å². The zero-order valence-corrected chi connectivity index (χ0v) is 15.7. The minimum atomic E-state index is -0.422. The van der Waals surface area contributed by atoms with Gasteiger partial charge in [-0.2, -0.15) is 0 Å². The largest absolute Gasteiger partial charge is 0.312 e. The van der Waals surface area contributed by atoms with E-state index < -0.39 is 5.92 Å². The van der Waals surface area contributed by atoms with Gasteiger partial charge in [-0.15, -0.1) is 0 Å². The lowest BCUT2D eigenvalue weighted by Crippen LogP contribution is -2.28. The third kappa shape index (κ3) is 3.40. The summed E-state index contributed by atoms with van der Waals surface area (Å²) in [6.45, 7) is 0.336. The van der Waals surface area contributed by atoms with Crippen molar-refractivity contribution in [2.45, 2.75) is 6.42 Å². The molecule has 0 radical (unpaired) electrons. The van der Waals surface area contributed by atoms with Crippen molar-refractivity contribution in [1.29, 1.82) is 0 Å². The van der Waals surface area contributed by atoms with Gasteiger partial charge in [-0.3, -0.25) is 9.59 Å². The molecule has 132 valence electrons. The van der Waals surface area contributed by atoms with Crippen LogP contribution in [0, 0.1) is 5.92 Å². The van der Waals surface area contributed by atoms with Gasteiger partial charge in [-0.25, -0.2) is 4.98 Å². The molecule has 1 aromatic heterocycles. The summed E-state index contributed by atoms with van der Waals surface area (Å²) in [6.07, 6.45) is 0.172. The number of rotatable bonds is 3. The third-order valence-corrected chi connectivity index (χ3v) is 5.64. The first kappa shape index (κ1) is 17.3. The van der Waals surface area contributed by atoms with Gasteiger partial charge in [0.15, 0.2) is 5.13 Å². The molecule has 1 aliphatic heterocycles. The molecule has 1 unspecified atom stereocenters. The van der Waals surface area contributed by atoms with E-state index in [2.05, 4.69) is 10.3 Å². The fraction of sp³-hybridized carbons (Fsp3) is 0.167. The fourth-order valence-electron chi connectivity index (χ4n) is 2.91. The molecule has 2 amide bonds. The Morgan fingerprint density at radius 1 is 1.15 bits per heavy atom. The number of thiazole rings is 1. The highest BCUT2D eigenvalue weighted by atomic mass is 35.5. The van der Waals surface area contributed by atoms with E-state index in [4.69, 9.17) is 23.2 Å². The van der Waals surface area contributed by atoms with Crippen molar-refractivity contribution < 1.29 is 9.59 Å². The summed E-state index contributed by atoms with van der Waals surface area (Å²) < 4.78 is 0.901. The molecule has 1 saturated heterocycles. The van der Waals surface area contributed by atoms with E-state index in [9.17, 15) is 9.59 Å². The second kappa shape index (κ2) is 6.87. The number of aromatic nitrogens is 1. The van der Waals surface area contributed by atoms with Crippen molar-refractivity contribution in [1.82, 2.24) is 4.98 Å². The second-order valence-electron chi connectivity index (χ2n) is 6.00. The van der Waals surface area contributed by atoms with Crippen LogP contribution in [0.5, 0.6) is 0 Å². The van der Waals surface area contributed by atoms with Crippen LogP contribution in [0.2, 0.25) is 10.0 Å². The molecular formula is C18H13Cl2N3O2S. The van der Waals surface area contributed by atoms with Crippen molar-refractivity contribution in [2.75, 3.05) is 16.8 Å². The van der Waals surface area contributed by atoms with Crippen LogP contribution in [0.3, 0.4) is 0 Å². The Hall–Kier alpha value is -2.15. The molecule has 0 bridgehead atoms. The zero-order chi connectivity index (χ0) is 18.3. The van der Waals surface area contributed by atoms with Crippen molar-refractivity contribution >= 4 is 67.4 Å². The lowest BCUT2D eigenvalue weighted by molar-refractivity contribution is -0.122. The van der Waals surface area contributed by atoms with Gasteiger partial charge in [0.1, 0.15) is 0 Å². The molecule has 1 aliphatic rings. The maximum Gasteiger partial charge on any atom is 0.231 e. The van der Waals surface area contributed by atoms with Crippen LogP contribution in [-0.4, -0.2) is 23.3 Å². The maximum absolute atomic E-state index is 12.6. The molecule has 3 aromatic rings. The SMILES string of the molecule is O=C(Nc1nc2ccc(Cl)cc2s1)C1CC(=O)N(c2ccc(Cl)cc2)C1. The van der Waals surface area contributed by atoms with Crippen LogP contribution in [0.1, 0.15) is 6.42 Å². The lowest BCUT2D eigenvalue weighted by atomic mass is 10.1. The Morgan fingerprint density at radius 2 is 1.88 bits per heavy atom. The van der Waals surface area contributed by atoms with Gasteiger partial charge in [0.25, 0.3) is 0 Å². The quantitative estimate of drug-likeness (QED) is 0.692. The van der Waals surface area contributed by atoms with Crippen LogP contribution >= 0.6 is 34.5 Å². The summed E-state index contributed by atoms with van der Waals surface area (Å²) in [5.74, 6) is -0.711. The molecule has 8 heteroatoms. The molecule has 1 fully saturated rings. The molecule has 2 heterocycles. The summed E-state index contributed by atoms with van der Waals surface area (Å²) in [7, 11) is 0. The number of fused-ring (bicyclic) bond motifs is 1. The van der Waals surface area contributed by atoms with E-state index in [0.717, 1.165) is 15.9 Å². The summed E-state index contributed by atoms with van der Waals surface area (Å²) in [6, 6.07) is 12.4. The Kier molecular flexibility index (Phi) is 4.56. The van der Waals surface area contributed by atoms with Gasteiger partial charge < -0.3 is 10.2 Å². The number of hydrogen-bond acceptors (Lipinski definition) is 4. The Labute approximate surface area is 163 Å². The molecule has 0 saturated carbocycles. The molecular weight excluding hydrogens is 393 g/mol. The molecule has 0 aliphatic carbocycles. The molecule has 4 rings (SSSR count). The molecule has 2 aromatic carbocycles. The van der Waals surface area contributed by atoms with E-state index in [1.165, 1.54) is 11.3 Å². The van der Waals surface area contributed by atoms with E-state index in [1.54, 1.807) is 35.2 Å². The number of anilines is 2. The second-order valence-corrected chi connectivity index (χ2v) is 7.91. The summed E-state index contributed by atoms with van der Waals surface area (Å²) in [5, 5.41) is 4.55. The van der Waals surface area contributed by atoms with E-state index >= 15 is 0 Å². The zero-order valence-electron chi connectivity index (χ0n) is 13.4. The van der Waals surface area contributed by atoms with Crippen LogP contribution in [0.25, 0.3) is 10.2 Å². The highest BCUT2D eigenvalue weighted by Gasteiger charge is 2.35. The van der Waals surface area contributed by atoms with Gasteiger partial charge in [0, 0.05) is 28.7 Å². The van der Waals surface area contributed by atoms with Crippen LogP contribution in [0.4, 0.5) is 10.8 Å². The highest BCUT2D eigenvalue weighted by Crippen LogP contribution is 2.30. The number of nitrogens with zero attached hydrogens (tertiary/aromatic N) is 2. The predicted octanol–water partition coefficient (Wildman–Crippen LogP) is 4.59. The number of nitrogens with one attached hydrogen (secondary N) is 1. The van der Waals surface area contributed by atoms with Gasteiger partial charge in [-0.1, -0.05) is 34.5 Å². The van der Waals surface area contributed by atoms with Gasteiger partial charge in [0.2, 0.25) is 11.8 Å². The highest BCUT2D eigenvalue weighted by molar-refractivity contribution is 7.22. The topological polar surface area (TPSA) is 62.3 Å². The average Bonchev–Trinajstić information content (AvgIpc) is 3.18. The first-order chi connectivity index (χ1) is 12.5. The van der Waals surface area contributed by atoms with Gasteiger partial charge >= 0.3 is 0 Å². The first-order valence-corrected chi connectivity index (χ1v) is 9.50. The monoisotopic (exact) mass is 405 g/mol. The predicted molar refractivity (Wildman–Crippen MR) is 105 cm³/mol. The molecule has 5 nitrogen and oxygen atoms in total. The van der Waals surface area contributed by atoms with E-state index in [1.807, 2.05) is 12.1 Å². The summed E-state index contributed by atoms with van der Waals surface area (Å²) in [5.41, 5.74) is 1.52. The number of carbonyl (C=O) groups is 2. The minimum absolute atomic E-state index is 0.0800. The standard InChI is InChI=1S/C18H13Cl2N3O2S/c19-11-1-4-13(5-2-11)23-9-10(7-16(23)24)17(25)22-18-21-14-6-3-12(20)8-15(14)26-18/h1-6,8,10H,7,9H2,(H,21,22,25). The summed E-state index contributed by atoms with van der Waals surface area (Å²) >= 11 is 13.2. The number of amides is 2. The smallest absolute Gasteiger partial charge is 0.231 e. The molecule has 1 N–H and O–H groups in total. The fourth-order valence-corrected chi connectivity index (χ4v) is 4.18. The maximum atomic E-state index is 12.6. The van der Waals surface area contributed by atoms with Gasteiger partial charge in [0.05, 0.1) is 16.1 Å². The van der Waals surface area contributed by atoms with E-state index in [0.29, 0.717) is 21.7 Å². The van der Waals surface area contributed by atoms with Crippen molar-refractivity contribution in [3.8, 4) is 0 Å². The van der Waals surface area contributed by atoms with Crippen LogP contribution in [0.15, 0.2) is 42.5 Å². The average molecular weight is 406 g/mol. The number of hydrogen-bond donors (Lipinski definition) is 1. The Bertz CT molecular complexity index is 1000. The summed E-state index contributed by atoms with van der Waals surface area (Å²) in [4.78, 5) is 30.9. The van der Waals surface area contributed by atoms with Crippen LogP contribution < -0.4 is 10.2 Å². The normalized spacial score (nSPS) is 17.1. The Morgan fingerprint density at radius 3 is 2.65 bits per heavy atom. The Balaban J connectivity index is 1.48. The third-order valence-electron chi connectivity index (χ3n) is 4.21. The number of carbonyl (C=O) groups excluding carboxylic acids is 2. The first-order valence-electron chi connectivity index (χ1n) is 7.92. The van der Waals surface area contributed by atoms with Crippen molar-refractivity contribution in [3.63, 3.8) is 0 Å².